The van der Waals surface area contributed by atoms with Crippen molar-refractivity contribution < 1.29 is 9.53 Å². The maximum Gasteiger partial charge on any atom is 0.166 e. The van der Waals surface area contributed by atoms with E-state index < -0.39 is 0 Å². The van der Waals surface area contributed by atoms with E-state index in [4.69, 9.17) is 4.74 Å². The first kappa shape index (κ1) is 13.2. The Morgan fingerprint density at radius 1 is 1.38 bits per heavy atom. The number of rotatable bonds is 6. The van der Waals surface area contributed by atoms with Gasteiger partial charge in [0, 0.05) is 11.8 Å². The van der Waals surface area contributed by atoms with Crippen LogP contribution in [0.5, 0.6) is 5.75 Å². The molecular weight excluding hydrogens is 268 g/mol. The van der Waals surface area contributed by atoms with Crippen molar-refractivity contribution in [3.8, 4) is 5.75 Å². The zero-order chi connectivity index (χ0) is 12.0. The van der Waals surface area contributed by atoms with Crippen molar-refractivity contribution >= 4 is 21.7 Å². The van der Waals surface area contributed by atoms with Crippen LogP contribution in [0.1, 0.15) is 35.2 Å². The van der Waals surface area contributed by atoms with Gasteiger partial charge in [0.2, 0.25) is 0 Å². The fourth-order valence-electron chi connectivity index (χ4n) is 1.55. The lowest BCUT2D eigenvalue weighted by Gasteiger charge is -2.08. The molecule has 0 N–H and O–H groups in total. The highest BCUT2D eigenvalue weighted by atomic mass is 79.9. The van der Waals surface area contributed by atoms with E-state index in [0.717, 1.165) is 23.7 Å². The summed E-state index contributed by atoms with van der Waals surface area (Å²) in [4.78, 5) is 12.0. The van der Waals surface area contributed by atoms with E-state index in [0.29, 0.717) is 17.7 Å². The van der Waals surface area contributed by atoms with E-state index in [9.17, 15) is 4.79 Å². The molecule has 2 nitrogen and oxygen atoms in total. The number of methoxy groups -OCH3 is 1. The zero-order valence-corrected chi connectivity index (χ0v) is 11.3. The second-order valence-electron chi connectivity index (χ2n) is 3.77. The number of unbranched alkanes of at least 4 members (excludes halogenated alkanes) is 1. The standard InChI is InChI=1S/C13H17BrO2/c1-10-6-7-13(16-2)11(9-10)12(15)5-3-4-8-14/h6-7,9H,3-5,8H2,1-2H3. The summed E-state index contributed by atoms with van der Waals surface area (Å²) in [6, 6.07) is 5.70. The Balaban J connectivity index is 2.76. The van der Waals surface area contributed by atoms with Crippen molar-refractivity contribution in [2.45, 2.75) is 26.2 Å². The Morgan fingerprint density at radius 3 is 2.75 bits per heavy atom. The zero-order valence-electron chi connectivity index (χ0n) is 9.75. The largest absolute Gasteiger partial charge is 0.496 e. The number of hydrogen-bond donors (Lipinski definition) is 0. The number of carbonyl (C=O) groups excluding carboxylic acids is 1. The maximum absolute atomic E-state index is 12.0. The SMILES string of the molecule is COc1ccc(C)cc1C(=O)CCCCBr. The summed E-state index contributed by atoms with van der Waals surface area (Å²) in [7, 11) is 1.60. The van der Waals surface area contributed by atoms with Crippen LogP contribution >= 0.6 is 15.9 Å². The fraction of sp³-hybridized carbons (Fsp3) is 0.462. The lowest BCUT2D eigenvalue weighted by Crippen LogP contribution is -2.02. The highest BCUT2D eigenvalue weighted by molar-refractivity contribution is 9.09. The van der Waals surface area contributed by atoms with Crippen LogP contribution in [0, 0.1) is 6.92 Å². The van der Waals surface area contributed by atoms with Crippen LogP contribution in [0.25, 0.3) is 0 Å². The molecule has 0 aliphatic rings. The Labute approximate surface area is 105 Å². The van der Waals surface area contributed by atoms with Gasteiger partial charge in [0.25, 0.3) is 0 Å². The number of halogens is 1. The van der Waals surface area contributed by atoms with Crippen molar-refractivity contribution in [3.05, 3.63) is 29.3 Å². The highest BCUT2D eigenvalue weighted by Gasteiger charge is 2.11. The molecule has 0 unspecified atom stereocenters. The van der Waals surface area contributed by atoms with Gasteiger partial charge in [-0.15, -0.1) is 0 Å². The fourth-order valence-corrected chi connectivity index (χ4v) is 1.95. The molecular formula is C13H17BrO2. The van der Waals surface area contributed by atoms with Crippen molar-refractivity contribution in [1.82, 2.24) is 0 Å². The molecule has 88 valence electrons. The molecule has 0 amide bonds. The summed E-state index contributed by atoms with van der Waals surface area (Å²) >= 11 is 3.36. The minimum absolute atomic E-state index is 0.168. The summed E-state index contributed by atoms with van der Waals surface area (Å²) in [5, 5.41) is 0.950. The van der Waals surface area contributed by atoms with Crippen LogP contribution in [-0.4, -0.2) is 18.2 Å². The molecule has 0 radical (unpaired) electrons. The topological polar surface area (TPSA) is 26.3 Å². The van der Waals surface area contributed by atoms with Gasteiger partial charge in [0.1, 0.15) is 5.75 Å². The Hall–Kier alpha value is -0.830. The highest BCUT2D eigenvalue weighted by Crippen LogP contribution is 2.21. The first-order chi connectivity index (χ1) is 7.69. The third-order valence-electron chi connectivity index (χ3n) is 2.44. The molecule has 0 aliphatic heterocycles. The van der Waals surface area contributed by atoms with Crippen LogP contribution < -0.4 is 4.74 Å². The predicted octanol–water partition coefficient (Wildman–Crippen LogP) is 3.75. The maximum atomic E-state index is 12.0. The molecule has 0 heterocycles. The lowest BCUT2D eigenvalue weighted by atomic mass is 10.0. The van der Waals surface area contributed by atoms with E-state index >= 15 is 0 Å². The van der Waals surface area contributed by atoms with Crippen LogP contribution in [0.4, 0.5) is 0 Å². The first-order valence-corrected chi connectivity index (χ1v) is 6.55. The third kappa shape index (κ3) is 3.63. The number of benzene rings is 1. The van der Waals surface area contributed by atoms with Crippen molar-refractivity contribution in [2.75, 3.05) is 12.4 Å². The number of ketones is 1. The van der Waals surface area contributed by atoms with Gasteiger partial charge in [-0.2, -0.15) is 0 Å². The molecule has 0 bridgehead atoms. The summed E-state index contributed by atoms with van der Waals surface area (Å²) in [5.41, 5.74) is 1.79. The Kier molecular flexibility index (Phi) is 5.53. The second kappa shape index (κ2) is 6.69. The quantitative estimate of drug-likeness (QED) is 0.452. The molecule has 0 saturated carbocycles. The van der Waals surface area contributed by atoms with Crippen LogP contribution in [0.15, 0.2) is 18.2 Å². The van der Waals surface area contributed by atoms with Gasteiger partial charge in [-0.1, -0.05) is 27.6 Å². The molecule has 0 saturated heterocycles. The average Bonchev–Trinajstić information content (AvgIpc) is 2.29. The molecule has 1 aromatic rings. The number of ether oxygens (including phenoxy) is 1. The number of hydrogen-bond acceptors (Lipinski definition) is 2. The average molecular weight is 285 g/mol. The summed E-state index contributed by atoms with van der Waals surface area (Å²) in [5.74, 6) is 0.843. The normalized spacial score (nSPS) is 10.2. The monoisotopic (exact) mass is 284 g/mol. The van der Waals surface area contributed by atoms with Crippen LogP contribution in [0.3, 0.4) is 0 Å². The minimum Gasteiger partial charge on any atom is -0.496 e. The molecule has 0 fully saturated rings. The molecule has 16 heavy (non-hydrogen) atoms. The van der Waals surface area contributed by atoms with Gasteiger partial charge < -0.3 is 4.74 Å². The van der Waals surface area contributed by atoms with Crippen molar-refractivity contribution in [3.63, 3.8) is 0 Å². The third-order valence-corrected chi connectivity index (χ3v) is 3.00. The predicted molar refractivity (Wildman–Crippen MR) is 69.7 cm³/mol. The van der Waals surface area contributed by atoms with Crippen molar-refractivity contribution in [1.29, 1.82) is 0 Å². The summed E-state index contributed by atoms with van der Waals surface area (Å²) in [6.45, 7) is 1.98. The second-order valence-corrected chi connectivity index (χ2v) is 4.57. The number of carbonyl (C=O) groups is 1. The van der Waals surface area contributed by atoms with E-state index in [1.807, 2.05) is 25.1 Å². The molecule has 3 heteroatoms. The number of alkyl halides is 1. The van der Waals surface area contributed by atoms with Crippen LogP contribution in [0.2, 0.25) is 0 Å². The Morgan fingerprint density at radius 2 is 2.12 bits per heavy atom. The lowest BCUT2D eigenvalue weighted by molar-refractivity contribution is 0.0977. The first-order valence-electron chi connectivity index (χ1n) is 5.43. The van der Waals surface area contributed by atoms with E-state index in [1.54, 1.807) is 7.11 Å². The smallest absolute Gasteiger partial charge is 0.166 e. The van der Waals surface area contributed by atoms with Gasteiger partial charge in [-0.3, -0.25) is 4.79 Å². The Bertz CT molecular complexity index is 361. The van der Waals surface area contributed by atoms with Gasteiger partial charge in [-0.05, 0) is 31.9 Å². The van der Waals surface area contributed by atoms with Crippen LogP contribution in [-0.2, 0) is 0 Å². The summed E-state index contributed by atoms with van der Waals surface area (Å²) < 4.78 is 5.20. The number of aryl methyl sites for hydroxylation is 1. The van der Waals surface area contributed by atoms with E-state index in [1.165, 1.54) is 0 Å². The molecule has 0 spiro atoms. The van der Waals surface area contributed by atoms with Gasteiger partial charge >= 0.3 is 0 Å². The minimum atomic E-state index is 0.168. The van der Waals surface area contributed by atoms with Gasteiger partial charge in [0.05, 0.1) is 12.7 Å². The van der Waals surface area contributed by atoms with E-state index in [-0.39, 0.29) is 5.78 Å². The molecule has 1 aromatic carbocycles. The molecule has 1 rings (SSSR count). The van der Waals surface area contributed by atoms with Gasteiger partial charge in [-0.25, -0.2) is 0 Å². The molecule has 0 atom stereocenters. The van der Waals surface area contributed by atoms with Crippen molar-refractivity contribution in [2.24, 2.45) is 0 Å². The molecule has 0 aliphatic carbocycles. The van der Waals surface area contributed by atoms with Gasteiger partial charge in [0.15, 0.2) is 5.78 Å². The number of Topliss-reactive ketones (excluding diaryl/α,β-unsaturated/α-hetero) is 1. The van der Waals surface area contributed by atoms with E-state index in [2.05, 4.69) is 15.9 Å². The summed E-state index contributed by atoms with van der Waals surface area (Å²) in [6.07, 6.45) is 2.53. The molecule has 0 aromatic heterocycles.